The fourth-order valence-electron chi connectivity index (χ4n) is 2.74. The Morgan fingerprint density at radius 3 is 2.34 bits per heavy atom. The highest BCUT2D eigenvalue weighted by atomic mass is 35.5. The summed E-state index contributed by atoms with van der Waals surface area (Å²) in [6.45, 7) is 5.36. The fourth-order valence-corrected chi connectivity index (χ4v) is 3.19. The van der Waals surface area contributed by atoms with E-state index in [1.54, 1.807) is 41.1 Å². The molecule has 2 aromatic carbocycles. The third-order valence-electron chi connectivity index (χ3n) is 4.20. The lowest BCUT2D eigenvalue weighted by molar-refractivity contribution is -0.123. The number of esters is 1. The van der Waals surface area contributed by atoms with Crippen LogP contribution >= 0.6 is 23.2 Å². The van der Waals surface area contributed by atoms with E-state index in [0.717, 1.165) is 17.1 Å². The number of carbonyl (C=O) groups excluding carboxylic acids is 2. The van der Waals surface area contributed by atoms with Gasteiger partial charge >= 0.3 is 5.97 Å². The standard InChI is InChI=1S/C21H19Cl2N3O3/c1-12-10-13(2)26(25-12)17-7-4-15(5-8-17)21(28)29-14(3)20(27)24-19-9-6-16(22)11-18(19)23/h4-11,14H,1-3H3,(H,24,27). The number of carbonyl (C=O) groups is 2. The second kappa shape index (κ2) is 8.68. The number of nitrogens with zero attached hydrogens (tertiary/aromatic N) is 2. The maximum atomic E-state index is 12.4. The van der Waals surface area contributed by atoms with Gasteiger partial charge < -0.3 is 10.1 Å². The van der Waals surface area contributed by atoms with Crippen LogP contribution in [-0.4, -0.2) is 27.8 Å². The monoisotopic (exact) mass is 431 g/mol. The molecule has 0 saturated heterocycles. The Morgan fingerprint density at radius 2 is 1.76 bits per heavy atom. The van der Waals surface area contributed by atoms with E-state index in [4.69, 9.17) is 27.9 Å². The quantitative estimate of drug-likeness (QED) is 0.578. The predicted molar refractivity (Wildman–Crippen MR) is 113 cm³/mol. The van der Waals surface area contributed by atoms with Crippen LogP contribution in [0.5, 0.6) is 0 Å². The van der Waals surface area contributed by atoms with E-state index in [1.807, 2.05) is 19.9 Å². The number of aromatic nitrogens is 2. The topological polar surface area (TPSA) is 73.2 Å². The predicted octanol–water partition coefficient (Wildman–Crippen LogP) is 4.98. The minimum absolute atomic E-state index is 0.295. The summed E-state index contributed by atoms with van der Waals surface area (Å²) in [5.41, 5.74) is 3.45. The lowest BCUT2D eigenvalue weighted by Crippen LogP contribution is -2.30. The summed E-state index contributed by atoms with van der Waals surface area (Å²) in [6.07, 6.45) is -1.01. The molecule has 1 heterocycles. The minimum Gasteiger partial charge on any atom is -0.449 e. The Bertz CT molecular complexity index is 1060. The number of benzene rings is 2. The highest BCUT2D eigenvalue weighted by Crippen LogP contribution is 2.25. The molecule has 0 aliphatic rings. The normalized spacial score (nSPS) is 11.8. The van der Waals surface area contributed by atoms with Crippen LogP contribution in [0.2, 0.25) is 10.0 Å². The number of anilines is 1. The molecule has 3 rings (SSSR count). The highest BCUT2D eigenvalue weighted by molar-refractivity contribution is 6.36. The first-order chi connectivity index (χ1) is 13.7. The van der Waals surface area contributed by atoms with Crippen LogP contribution < -0.4 is 5.32 Å². The molecule has 1 unspecified atom stereocenters. The third kappa shape index (κ3) is 4.96. The molecule has 29 heavy (non-hydrogen) atoms. The average molecular weight is 432 g/mol. The number of hydrogen-bond donors (Lipinski definition) is 1. The maximum absolute atomic E-state index is 12.4. The van der Waals surface area contributed by atoms with Gasteiger partial charge in [-0.3, -0.25) is 4.79 Å². The van der Waals surface area contributed by atoms with Crippen molar-refractivity contribution in [3.8, 4) is 5.69 Å². The molecule has 0 aliphatic carbocycles. The molecule has 6 nitrogen and oxygen atoms in total. The Balaban J connectivity index is 1.64. The maximum Gasteiger partial charge on any atom is 0.338 e. The van der Waals surface area contributed by atoms with Gasteiger partial charge in [-0.05, 0) is 69.3 Å². The van der Waals surface area contributed by atoms with Gasteiger partial charge in [0.2, 0.25) is 0 Å². The molecular formula is C21H19Cl2N3O3. The van der Waals surface area contributed by atoms with Gasteiger partial charge in [-0.15, -0.1) is 0 Å². The molecule has 3 aromatic rings. The third-order valence-corrected chi connectivity index (χ3v) is 4.75. The molecular weight excluding hydrogens is 413 g/mol. The summed E-state index contributed by atoms with van der Waals surface area (Å²) in [5.74, 6) is -1.10. The Morgan fingerprint density at radius 1 is 1.07 bits per heavy atom. The van der Waals surface area contributed by atoms with Gasteiger partial charge in [-0.2, -0.15) is 5.10 Å². The Hall–Kier alpha value is -2.83. The van der Waals surface area contributed by atoms with Crippen LogP contribution in [0.3, 0.4) is 0 Å². The minimum atomic E-state index is -1.01. The molecule has 0 spiro atoms. The zero-order chi connectivity index (χ0) is 21.1. The van der Waals surface area contributed by atoms with Crippen LogP contribution in [0.25, 0.3) is 5.69 Å². The highest BCUT2D eigenvalue weighted by Gasteiger charge is 2.20. The van der Waals surface area contributed by atoms with Gasteiger partial charge in [0, 0.05) is 10.7 Å². The van der Waals surface area contributed by atoms with E-state index in [0.29, 0.717) is 21.3 Å². The van der Waals surface area contributed by atoms with E-state index in [1.165, 1.54) is 13.0 Å². The zero-order valence-corrected chi connectivity index (χ0v) is 17.6. The molecule has 1 aromatic heterocycles. The molecule has 1 amide bonds. The first-order valence-electron chi connectivity index (χ1n) is 8.85. The largest absolute Gasteiger partial charge is 0.449 e. The molecule has 8 heteroatoms. The number of aryl methyl sites for hydroxylation is 2. The SMILES string of the molecule is Cc1cc(C)n(-c2ccc(C(=O)OC(C)C(=O)Nc3ccc(Cl)cc3Cl)cc2)n1. The molecule has 0 radical (unpaired) electrons. The van der Waals surface area contributed by atoms with Crippen molar-refractivity contribution in [2.75, 3.05) is 5.32 Å². The Labute approximate surface area is 178 Å². The van der Waals surface area contributed by atoms with Gasteiger partial charge in [0.05, 0.1) is 27.7 Å². The van der Waals surface area contributed by atoms with Crippen LogP contribution in [-0.2, 0) is 9.53 Å². The number of amides is 1. The number of rotatable bonds is 5. The van der Waals surface area contributed by atoms with Gasteiger partial charge in [0.15, 0.2) is 6.10 Å². The molecule has 0 bridgehead atoms. The molecule has 0 saturated carbocycles. The van der Waals surface area contributed by atoms with Crippen molar-refractivity contribution in [2.45, 2.75) is 26.9 Å². The lowest BCUT2D eigenvalue weighted by atomic mass is 10.2. The molecule has 0 aliphatic heterocycles. The number of ether oxygens (including phenoxy) is 1. The van der Waals surface area contributed by atoms with Gasteiger partial charge in [-0.1, -0.05) is 23.2 Å². The van der Waals surface area contributed by atoms with E-state index < -0.39 is 18.0 Å². The van der Waals surface area contributed by atoms with Crippen LogP contribution in [0, 0.1) is 13.8 Å². The number of hydrogen-bond acceptors (Lipinski definition) is 4. The van der Waals surface area contributed by atoms with Gasteiger partial charge in [-0.25, -0.2) is 9.48 Å². The second-order valence-corrected chi connectivity index (χ2v) is 7.39. The van der Waals surface area contributed by atoms with Crippen LogP contribution in [0.15, 0.2) is 48.5 Å². The smallest absolute Gasteiger partial charge is 0.338 e. The van der Waals surface area contributed by atoms with E-state index in [9.17, 15) is 9.59 Å². The summed E-state index contributed by atoms with van der Waals surface area (Å²) in [4.78, 5) is 24.7. The lowest BCUT2D eigenvalue weighted by Gasteiger charge is -2.14. The first kappa shape index (κ1) is 20.9. The van der Waals surface area contributed by atoms with Crippen molar-refractivity contribution >= 4 is 40.8 Å². The van der Waals surface area contributed by atoms with Crippen molar-refractivity contribution in [3.05, 3.63) is 75.5 Å². The molecule has 0 fully saturated rings. The van der Waals surface area contributed by atoms with Crippen molar-refractivity contribution in [1.29, 1.82) is 0 Å². The Kier molecular flexibility index (Phi) is 6.25. The van der Waals surface area contributed by atoms with Crippen LogP contribution in [0.4, 0.5) is 5.69 Å². The summed E-state index contributed by atoms with van der Waals surface area (Å²) in [7, 11) is 0. The summed E-state index contributed by atoms with van der Waals surface area (Å²) < 4.78 is 7.05. The van der Waals surface area contributed by atoms with E-state index in [-0.39, 0.29) is 0 Å². The zero-order valence-electron chi connectivity index (χ0n) is 16.1. The summed E-state index contributed by atoms with van der Waals surface area (Å²) >= 11 is 11.9. The fraction of sp³-hybridized carbons (Fsp3) is 0.190. The van der Waals surface area contributed by atoms with E-state index >= 15 is 0 Å². The van der Waals surface area contributed by atoms with Gasteiger partial charge in [0.1, 0.15) is 0 Å². The van der Waals surface area contributed by atoms with Crippen molar-refractivity contribution in [1.82, 2.24) is 9.78 Å². The molecule has 1 N–H and O–H groups in total. The van der Waals surface area contributed by atoms with Gasteiger partial charge in [0.25, 0.3) is 5.91 Å². The van der Waals surface area contributed by atoms with Crippen LogP contribution in [0.1, 0.15) is 28.7 Å². The number of nitrogens with one attached hydrogen (secondary N) is 1. The van der Waals surface area contributed by atoms with Crippen molar-refractivity contribution < 1.29 is 14.3 Å². The number of halogens is 2. The van der Waals surface area contributed by atoms with Crippen molar-refractivity contribution in [2.24, 2.45) is 0 Å². The summed E-state index contributed by atoms with van der Waals surface area (Å²) in [6, 6.07) is 13.5. The van der Waals surface area contributed by atoms with E-state index in [2.05, 4.69) is 10.4 Å². The van der Waals surface area contributed by atoms with Crippen molar-refractivity contribution in [3.63, 3.8) is 0 Å². The first-order valence-corrected chi connectivity index (χ1v) is 9.61. The summed E-state index contributed by atoms with van der Waals surface area (Å²) in [5, 5.41) is 7.77. The average Bonchev–Trinajstić information content (AvgIpc) is 3.02. The molecule has 1 atom stereocenters. The molecule has 150 valence electrons. The second-order valence-electron chi connectivity index (χ2n) is 6.55.